The van der Waals surface area contributed by atoms with E-state index in [0.717, 1.165) is 18.4 Å². The highest BCUT2D eigenvalue weighted by Gasteiger charge is 2.31. The molecule has 0 aliphatic heterocycles. The number of hydrogen-bond acceptors (Lipinski definition) is 2. The highest BCUT2D eigenvalue weighted by molar-refractivity contribution is 6.28. The van der Waals surface area contributed by atoms with E-state index in [-0.39, 0.29) is 11.6 Å². The van der Waals surface area contributed by atoms with Crippen molar-refractivity contribution in [3.05, 3.63) is 70.3 Å². The minimum atomic E-state index is -0.0244. The van der Waals surface area contributed by atoms with Crippen molar-refractivity contribution in [2.24, 2.45) is 5.92 Å². The van der Waals surface area contributed by atoms with Crippen LogP contribution in [0.1, 0.15) is 76.9 Å². The third-order valence-corrected chi connectivity index (χ3v) is 5.09. The molecule has 0 fully saturated rings. The highest BCUT2D eigenvalue weighted by Crippen LogP contribution is 2.31. The Morgan fingerprint density at radius 3 is 2.17 bits per heavy atom. The van der Waals surface area contributed by atoms with Gasteiger partial charge >= 0.3 is 0 Å². The Kier molecular flexibility index (Phi) is 4.94. The molecule has 0 bridgehead atoms. The van der Waals surface area contributed by atoms with Crippen LogP contribution in [-0.4, -0.2) is 11.6 Å². The highest BCUT2D eigenvalue weighted by atomic mass is 16.1. The van der Waals surface area contributed by atoms with Gasteiger partial charge < -0.3 is 0 Å². The molecule has 2 aromatic rings. The standard InChI is InChI=1S/C22H24O2/c1-3-5-9-15(4-2)14-16-10-8-13-19-20(16)22(24)18-12-7-6-11-17(18)21(19)23/h6-8,10-13,15H,3-5,9,14H2,1-2H3. The Balaban J connectivity index is 2.00. The average molecular weight is 320 g/mol. The molecule has 0 saturated carbocycles. The molecule has 124 valence electrons. The lowest BCUT2D eigenvalue weighted by Crippen LogP contribution is -2.23. The average Bonchev–Trinajstić information content (AvgIpc) is 2.63. The number of hydrogen-bond donors (Lipinski definition) is 0. The van der Waals surface area contributed by atoms with Crippen LogP contribution in [0.25, 0.3) is 0 Å². The van der Waals surface area contributed by atoms with Crippen LogP contribution in [-0.2, 0) is 6.42 Å². The van der Waals surface area contributed by atoms with Crippen molar-refractivity contribution in [2.45, 2.75) is 46.0 Å². The Morgan fingerprint density at radius 2 is 1.50 bits per heavy atom. The van der Waals surface area contributed by atoms with E-state index < -0.39 is 0 Å². The maximum absolute atomic E-state index is 13.0. The first kappa shape index (κ1) is 16.6. The second-order valence-corrected chi connectivity index (χ2v) is 6.66. The third-order valence-electron chi connectivity index (χ3n) is 5.09. The van der Waals surface area contributed by atoms with Gasteiger partial charge in [-0.25, -0.2) is 0 Å². The molecule has 1 aliphatic carbocycles. The van der Waals surface area contributed by atoms with Gasteiger partial charge in [0.15, 0.2) is 11.6 Å². The van der Waals surface area contributed by atoms with Crippen LogP contribution in [0.15, 0.2) is 42.5 Å². The first-order chi connectivity index (χ1) is 11.7. The summed E-state index contributed by atoms with van der Waals surface area (Å²) < 4.78 is 0. The number of benzene rings is 2. The van der Waals surface area contributed by atoms with E-state index in [1.165, 1.54) is 19.3 Å². The lowest BCUT2D eigenvalue weighted by atomic mass is 9.79. The molecule has 1 unspecified atom stereocenters. The zero-order chi connectivity index (χ0) is 17.1. The van der Waals surface area contributed by atoms with E-state index in [1.807, 2.05) is 24.3 Å². The van der Waals surface area contributed by atoms with E-state index in [4.69, 9.17) is 0 Å². The summed E-state index contributed by atoms with van der Waals surface area (Å²) in [5.41, 5.74) is 3.32. The topological polar surface area (TPSA) is 34.1 Å². The fraction of sp³-hybridized carbons (Fsp3) is 0.364. The second kappa shape index (κ2) is 7.12. The lowest BCUT2D eigenvalue weighted by Gasteiger charge is -2.22. The maximum Gasteiger partial charge on any atom is 0.194 e. The van der Waals surface area contributed by atoms with Crippen molar-refractivity contribution < 1.29 is 9.59 Å². The SMILES string of the molecule is CCCCC(CC)Cc1cccc2c1C(=O)c1ccccc1C2=O. The zero-order valence-corrected chi connectivity index (χ0v) is 14.5. The molecule has 3 rings (SSSR count). The molecule has 0 N–H and O–H groups in total. The van der Waals surface area contributed by atoms with E-state index >= 15 is 0 Å². The number of rotatable bonds is 6. The van der Waals surface area contributed by atoms with E-state index in [2.05, 4.69) is 13.8 Å². The monoisotopic (exact) mass is 320 g/mol. The van der Waals surface area contributed by atoms with Crippen molar-refractivity contribution in [3.8, 4) is 0 Å². The van der Waals surface area contributed by atoms with Crippen molar-refractivity contribution in [1.82, 2.24) is 0 Å². The molecule has 2 aromatic carbocycles. The van der Waals surface area contributed by atoms with Crippen LogP contribution >= 0.6 is 0 Å². The summed E-state index contributed by atoms with van der Waals surface area (Å²) >= 11 is 0. The Bertz CT molecular complexity index is 773. The quantitative estimate of drug-likeness (QED) is 0.624. The van der Waals surface area contributed by atoms with Gasteiger partial charge in [-0.15, -0.1) is 0 Å². The molecule has 1 aliphatic rings. The summed E-state index contributed by atoms with van der Waals surface area (Å²) in [6, 6.07) is 12.9. The van der Waals surface area contributed by atoms with Crippen LogP contribution < -0.4 is 0 Å². The number of fused-ring (bicyclic) bond motifs is 2. The Morgan fingerprint density at radius 1 is 0.833 bits per heavy atom. The molecule has 0 heterocycles. The first-order valence-corrected chi connectivity index (χ1v) is 8.97. The van der Waals surface area contributed by atoms with E-state index in [0.29, 0.717) is 28.2 Å². The summed E-state index contributed by atoms with van der Waals surface area (Å²) in [6.45, 7) is 4.41. The zero-order valence-electron chi connectivity index (χ0n) is 14.5. The molecule has 0 amide bonds. The lowest BCUT2D eigenvalue weighted by molar-refractivity contribution is 0.0978. The molecule has 2 heteroatoms. The van der Waals surface area contributed by atoms with Crippen molar-refractivity contribution >= 4 is 11.6 Å². The molecule has 2 nitrogen and oxygen atoms in total. The fourth-order valence-electron chi connectivity index (χ4n) is 3.64. The van der Waals surface area contributed by atoms with Gasteiger partial charge in [-0.1, -0.05) is 82.0 Å². The molecule has 0 aromatic heterocycles. The largest absolute Gasteiger partial charge is 0.289 e. The first-order valence-electron chi connectivity index (χ1n) is 8.97. The summed E-state index contributed by atoms with van der Waals surface area (Å²) in [6.07, 6.45) is 5.55. The van der Waals surface area contributed by atoms with Gasteiger partial charge in [0.1, 0.15) is 0 Å². The van der Waals surface area contributed by atoms with Crippen LogP contribution in [0, 0.1) is 5.92 Å². The van der Waals surface area contributed by atoms with Gasteiger partial charge in [0.05, 0.1) is 0 Å². The number of carbonyl (C=O) groups is 2. The van der Waals surface area contributed by atoms with Crippen molar-refractivity contribution in [3.63, 3.8) is 0 Å². The van der Waals surface area contributed by atoms with Crippen molar-refractivity contribution in [1.29, 1.82) is 0 Å². The molecule has 1 atom stereocenters. The van der Waals surface area contributed by atoms with Gasteiger partial charge in [0.2, 0.25) is 0 Å². The summed E-state index contributed by atoms with van der Waals surface area (Å²) in [4.78, 5) is 25.8. The van der Waals surface area contributed by atoms with E-state index in [9.17, 15) is 9.59 Å². The normalized spacial score (nSPS) is 14.2. The molecular weight excluding hydrogens is 296 g/mol. The molecule has 24 heavy (non-hydrogen) atoms. The molecule has 0 radical (unpaired) electrons. The van der Waals surface area contributed by atoms with Crippen LogP contribution in [0.4, 0.5) is 0 Å². The van der Waals surface area contributed by atoms with Gasteiger partial charge in [0, 0.05) is 22.3 Å². The number of carbonyl (C=O) groups excluding carboxylic acids is 2. The molecule has 0 saturated heterocycles. The number of ketones is 2. The van der Waals surface area contributed by atoms with Gasteiger partial charge in [-0.2, -0.15) is 0 Å². The van der Waals surface area contributed by atoms with Gasteiger partial charge in [-0.05, 0) is 17.9 Å². The smallest absolute Gasteiger partial charge is 0.194 e. The summed E-state index contributed by atoms with van der Waals surface area (Å²) in [5, 5.41) is 0. The van der Waals surface area contributed by atoms with Crippen LogP contribution in [0.2, 0.25) is 0 Å². The van der Waals surface area contributed by atoms with Crippen LogP contribution in [0.5, 0.6) is 0 Å². The van der Waals surface area contributed by atoms with Gasteiger partial charge in [-0.3, -0.25) is 9.59 Å². The number of unbranched alkanes of at least 4 members (excludes halogenated alkanes) is 1. The van der Waals surface area contributed by atoms with Crippen molar-refractivity contribution in [2.75, 3.05) is 0 Å². The molecular formula is C22H24O2. The second-order valence-electron chi connectivity index (χ2n) is 6.66. The third kappa shape index (κ3) is 2.93. The predicted octanol–water partition coefficient (Wildman–Crippen LogP) is 5.22. The predicted molar refractivity (Wildman–Crippen MR) is 96.8 cm³/mol. The minimum Gasteiger partial charge on any atom is -0.289 e. The Labute approximate surface area is 143 Å². The van der Waals surface area contributed by atoms with Crippen LogP contribution in [0.3, 0.4) is 0 Å². The fourth-order valence-corrected chi connectivity index (χ4v) is 3.64. The molecule has 0 spiro atoms. The van der Waals surface area contributed by atoms with Gasteiger partial charge in [0.25, 0.3) is 0 Å². The summed E-state index contributed by atoms with van der Waals surface area (Å²) in [7, 11) is 0. The summed E-state index contributed by atoms with van der Waals surface area (Å²) in [5.74, 6) is 0.543. The maximum atomic E-state index is 13.0. The minimum absolute atomic E-state index is 0.00106. The van der Waals surface area contributed by atoms with E-state index in [1.54, 1.807) is 18.2 Å². The Hall–Kier alpha value is -2.22.